The highest BCUT2D eigenvalue weighted by atomic mass is 28.3. The average molecular weight is 197 g/mol. The molecule has 0 aromatic carbocycles. The van der Waals surface area contributed by atoms with Gasteiger partial charge < -0.3 is 4.57 Å². The molecule has 0 N–H and O–H groups in total. The largest absolute Gasteiger partial charge is 0.323 e. The minimum atomic E-state index is -0.659. The first-order valence-electron chi connectivity index (χ1n) is 5.79. The number of allylic oxidation sites excluding steroid dienone is 1. The van der Waals surface area contributed by atoms with Gasteiger partial charge in [-0.3, -0.25) is 0 Å². The van der Waals surface area contributed by atoms with Crippen LogP contribution < -0.4 is 0 Å². The van der Waals surface area contributed by atoms with Crippen molar-refractivity contribution in [2.45, 2.75) is 45.6 Å². The molecule has 1 nitrogen and oxygen atoms in total. The summed E-state index contributed by atoms with van der Waals surface area (Å²) >= 11 is 0. The highest BCUT2D eigenvalue weighted by Crippen LogP contribution is 2.13. The van der Waals surface area contributed by atoms with Gasteiger partial charge in [0.2, 0.25) is 0 Å². The lowest BCUT2D eigenvalue weighted by Crippen LogP contribution is -2.41. The second-order valence-corrected chi connectivity index (χ2v) is 6.98. The lowest BCUT2D eigenvalue weighted by atomic mass is 10.2. The summed E-state index contributed by atoms with van der Waals surface area (Å²) in [5, 5.41) is 0. The van der Waals surface area contributed by atoms with Gasteiger partial charge in [-0.15, -0.1) is 0 Å². The van der Waals surface area contributed by atoms with Gasteiger partial charge in [0.05, 0.1) is 0 Å². The zero-order chi connectivity index (χ0) is 9.52. The normalized spacial score (nSPS) is 22.3. The van der Waals surface area contributed by atoms with E-state index in [0.717, 1.165) is 0 Å². The highest BCUT2D eigenvalue weighted by molar-refractivity contribution is 6.61. The van der Waals surface area contributed by atoms with E-state index in [9.17, 15) is 0 Å². The molecule has 0 radical (unpaired) electrons. The summed E-state index contributed by atoms with van der Waals surface area (Å²) in [7, 11) is -0.659. The van der Waals surface area contributed by atoms with Gasteiger partial charge in [0, 0.05) is 0 Å². The van der Waals surface area contributed by atoms with Gasteiger partial charge in [-0.25, -0.2) is 0 Å². The number of hydrogen-bond acceptors (Lipinski definition) is 1. The monoisotopic (exact) mass is 197 g/mol. The van der Waals surface area contributed by atoms with Crippen LogP contribution in [0.2, 0.25) is 6.04 Å². The maximum absolute atomic E-state index is 2.77. The quantitative estimate of drug-likeness (QED) is 0.626. The molecule has 0 aromatic heterocycles. The lowest BCUT2D eigenvalue weighted by Gasteiger charge is -2.31. The minimum absolute atomic E-state index is 0.659. The molecular formula is C11H23NSi. The van der Waals surface area contributed by atoms with Gasteiger partial charge in [0.25, 0.3) is 0 Å². The molecule has 0 amide bonds. The van der Waals surface area contributed by atoms with Gasteiger partial charge in [-0.1, -0.05) is 32.0 Å². The number of piperidine rings is 1. The Morgan fingerprint density at radius 2 is 1.85 bits per heavy atom. The third-order valence-electron chi connectivity index (χ3n) is 2.87. The van der Waals surface area contributed by atoms with Gasteiger partial charge in [-0.2, -0.15) is 0 Å². The zero-order valence-electron chi connectivity index (χ0n) is 9.13. The SMILES string of the molecule is CCC=C[SiH](CC)N1CCCCC1. The highest BCUT2D eigenvalue weighted by Gasteiger charge is 2.17. The van der Waals surface area contributed by atoms with Crippen LogP contribution in [0.4, 0.5) is 0 Å². The molecule has 1 heterocycles. The van der Waals surface area contributed by atoms with Crippen LogP contribution in [-0.2, 0) is 0 Å². The summed E-state index contributed by atoms with van der Waals surface area (Å²) in [4.78, 5) is 0. The van der Waals surface area contributed by atoms with Crippen molar-refractivity contribution in [3.8, 4) is 0 Å². The third kappa shape index (κ3) is 3.65. The Labute approximate surface area is 84.5 Å². The van der Waals surface area contributed by atoms with Crippen molar-refractivity contribution < 1.29 is 0 Å². The fourth-order valence-corrected chi connectivity index (χ4v) is 4.71. The van der Waals surface area contributed by atoms with E-state index in [1.807, 2.05) is 0 Å². The van der Waals surface area contributed by atoms with Crippen molar-refractivity contribution in [2.24, 2.45) is 0 Å². The van der Waals surface area contributed by atoms with Crippen LogP contribution in [0, 0.1) is 0 Å². The summed E-state index contributed by atoms with van der Waals surface area (Å²) in [6.45, 7) is 7.33. The Morgan fingerprint density at radius 1 is 1.15 bits per heavy atom. The van der Waals surface area contributed by atoms with E-state index in [2.05, 4.69) is 30.2 Å². The van der Waals surface area contributed by atoms with Crippen LogP contribution in [-0.4, -0.2) is 26.6 Å². The molecule has 1 atom stereocenters. The summed E-state index contributed by atoms with van der Waals surface area (Å²) in [5.41, 5.74) is 2.53. The Kier molecular flexibility index (Phi) is 5.40. The minimum Gasteiger partial charge on any atom is -0.323 e. The number of rotatable bonds is 4. The van der Waals surface area contributed by atoms with Crippen LogP contribution in [0.25, 0.3) is 0 Å². The molecule has 13 heavy (non-hydrogen) atoms. The van der Waals surface area contributed by atoms with E-state index < -0.39 is 8.96 Å². The topological polar surface area (TPSA) is 3.24 Å². The second kappa shape index (κ2) is 6.38. The fourth-order valence-electron chi connectivity index (χ4n) is 2.06. The van der Waals surface area contributed by atoms with E-state index >= 15 is 0 Å². The maximum Gasteiger partial charge on any atom is 0.135 e. The first-order chi connectivity index (χ1) is 6.38. The fraction of sp³-hybridized carbons (Fsp3) is 0.818. The number of nitrogens with zero attached hydrogens (tertiary/aromatic N) is 1. The standard InChI is InChI=1S/C11H23NSi/c1-3-5-11-13(4-2)12-9-7-6-8-10-12/h5,11,13H,3-4,6-10H2,1-2H3. The molecule has 0 spiro atoms. The molecule has 0 aliphatic carbocycles. The van der Waals surface area contributed by atoms with E-state index in [4.69, 9.17) is 0 Å². The third-order valence-corrected chi connectivity index (χ3v) is 5.88. The maximum atomic E-state index is 2.77. The molecule has 0 saturated carbocycles. The molecule has 1 aliphatic rings. The van der Waals surface area contributed by atoms with Crippen LogP contribution in [0.5, 0.6) is 0 Å². The van der Waals surface area contributed by atoms with Gasteiger partial charge >= 0.3 is 0 Å². The molecule has 1 fully saturated rings. The van der Waals surface area contributed by atoms with E-state index in [-0.39, 0.29) is 0 Å². The number of hydrogen-bond donors (Lipinski definition) is 0. The Balaban J connectivity index is 2.39. The van der Waals surface area contributed by atoms with Crippen LogP contribution >= 0.6 is 0 Å². The van der Waals surface area contributed by atoms with Gasteiger partial charge in [-0.05, 0) is 38.4 Å². The predicted octanol–water partition coefficient (Wildman–Crippen LogP) is 2.72. The zero-order valence-corrected chi connectivity index (χ0v) is 10.3. The van der Waals surface area contributed by atoms with Crippen LogP contribution in [0.3, 0.4) is 0 Å². The predicted molar refractivity (Wildman–Crippen MR) is 62.5 cm³/mol. The Hall–Kier alpha value is -0.0831. The first kappa shape index (κ1) is 11.0. The Bertz CT molecular complexity index is 150. The van der Waals surface area contributed by atoms with Crippen molar-refractivity contribution in [3.63, 3.8) is 0 Å². The summed E-state index contributed by atoms with van der Waals surface area (Å²) < 4.78 is 2.77. The molecule has 0 aromatic rings. The van der Waals surface area contributed by atoms with Crippen LogP contribution in [0.15, 0.2) is 11.8 Å². The van der Waals surface area contributed by atoms with Crippen molar-refractivity contribution in [2.75, 3.05) is 13.1 Å². The molecule has 1 rings (SSSR count). The smallest absolute Gasteiger partial charge is 0.135 e. The lowest BCUT2D eigenvalue weighted by molar-refractivity contribution is 0.354. The van der Waals surface area contributed by atoms with Gasteiger partial charge in [0.15, 0.2) is 0 Å². The summed E-state index contributed by atoms with van der Waals surface area (Å²) in [6.07, 6.45) is 7.90. The van der Waals surface area contributed by atoms with Crippen LogP contribution in [0.1, 0.15) is 39.5 Å². The Morgan fingerprint density at radius 3 is 2.38 bits per heavy atom. The first-order valence-corrected chi connectivity index (χ1v) is 7.79. The molecular weight excluding hydrogens is 174 g/mol. The van der Waals surface area contributed by atoms with Crippen molar-refractivity contribution in [1.29, 1.82) is 0 Å². The molecule has 76 valence electrons. The molecule has 1 aliphatic heterocycles. The van der Waals surface area contributed by atoms with Crippen molar-refractivity contribution >= 4 is 8.96 Å². The van der Waals surface area contributed by atoms with Crippen molar-refractivity contribution in [1.82, 2.24) is 4.57 Å². The molecule has 1 unspecified atom stereocenters. The average Bonchev–Trinajstić information content (AvgIpc) is 2.21. The molecule has 1 saturated heterocycles. The van der Waals surface area contributed by atoms with E-state index in [0.29, 0.717) is 0 Å². The van der Waals surface area contributed by atoms with Gasteiger partial charge in [0.1, 0.15) is 8.96 Å². The van der Waals surface area contributed by atoms with E-state index in [1.165, 1.54) is 44.8 Å². The summed E-state index contributed by atoms with van der Waals surface area (Å²) in [5.74, 6) is 0. The molecule has 0 bridgehead atoms. The second-order valence-electron chi connectivity index (χ2n) is 3.91. The van der Waals surface area contributed by atoms with E-state index in [1.54, 1.807) is 0 Å². The summed E-state index contributed by atoms with van der Waals surface area (Å²) in [6, 6.07) is 1.40. The van der Waals surface area contributed by atoms with Crippen molar-refractivity contribution in [3.05, 3.63) is 11.8 Å². The molecule has 2 heteroatoms.